The van der Waals surface area contributed by atoms with Crippen molar-refractivity contribution in [3.05, 3.63) is 42.9 Å². The molecule has 0 aliphatic carbocycles. The largest absolute Gasteiger partial charge is 0.335 e. The fourth-order valence-electron chi connectivity index (χ4n) is 3.17. The van der Waals surface area contributed by atoms with E-state index in [-0.39, 0.29) is 17.9 Å². The summed E-state index contributed by atoms with van der Waals surface area (Å²) in [4.78, 5) is 3.11. The van der Waals surface area contributed by atoms with Gasteiger partial charge in [0.05, 0.1) is 33.7 Å². The van der Waals surface area contributed by atoms with Gasteiger partial charge in [0.2, 0.25) is 0 Å². The number of halogens is 1. The van der Waals surface area contributed by atoms with Gasteiger partial charge in [-0.05, 0) is 47.2 Å². The Bertz CT molecular complexity index is 1210. The maximum atomic E-state index is 11.1. The van der Waals surface area contributed by atoms with Crippen molar-refractivity contribution < 1.29 is 30.5 Å². The van der Waals surface area contributed by atoms with Crippen LogP contribution in [0.4, 0.5) is 5.69 Å². The average Bonchev–Trinajstić information content (AvgIpc) is 3.14. The van der Waals surface area contributed by atoms with E-state index in [1.54, 1.807) is 11.8 Å². The number of aryl methyl sites for hydroxylation is 1. The van der Waals surface area contributed by atoms with Crippen molar-refractivity contribution in [1.82, 2.24) is 0 Å². The van der Waals surface area contributed by atoms with Gasteiger partial charge in [0.15, 0.2) is 12.2 Å². The van der Waals surface area contributed by atoms with Gasteiger partial charge in [0.25, 0.3) is 25.2 Å². The number of thiazole rings is 1. The summed E-state index contributed by atoms with van der Waals surface area (Å²) in [6.45, 7) is 2.82. The van der Waals surface area contributed by atoms with Crippen molar-refractivity contribution in [2.45, 2.75) is 31.2 Å². The third kappa shape index (κ3) is 7.14. The zero-order valence-corrected chi connectivity index (χ0v) is 22.0. The van der Waals surface area contributed by atoms with Crippen molar-refractivity contribution in [3.63, 3.8) is 0 Å². The summed E-state index contributed by atoms with van der Waals surface area (Å²) in [7, 11) is -8.03. The Morgan fingerprint density at radius 1 is 1.13 bits per heavy atom. The standard InChI is InChI=1S/C18H21IN2O6S4/c1-13-12-28-17(20(13)6-2-8-30(22,23)24)11-18-21(7-3-9-31(25,26)27)15-10-14(19)4-5-16(15)29-18/h4-5,10-12H,2-3,6-9H2,1H3,(H-,22,23,24,25,26,27)/p+1. The van der Waals surface area contributed by atoms with Crippen LogP contribution >= 0.6 is 45.7 Å². The van der Waals surface area contributed by atoms with Gasteiger partial charge in [-0.2, -0.15) is 21.4 Å². The second kappa shape index (κ2) is 10.1. The highest BCUT2D eigenvalue weighted by Gasteiger charge is 2.28. The molecule has 0 spiro atoms. The van der Waals surface area contributed by atoms with E-state index in [0.29, 0.717) is 19.5 Å². The van der Waals surface area contributed by atoms with Crippen molar-refractivity contribution >= 4 is 77.7 Å². The highest BCUT2D eigenvalue weighted by Crippen LogP contribution is 2.47. The van der Waals surface area contributed by atoms with E-state index < -0.39 is 20.2 Å². The fourth-order valence-corrected chi connectivity index (χ4v) is 6.78. The van der Waals surface area contributed by atoms with Crippen LogP contribution in [0.3, 0.4) is 0 Å². The van der Waals surface area contributed by atoms with Gasteiger partial charge >= 0.3 is 0 Å². The molecule has 0 atom stereocenters. The smallest absolute Gasteiger partial charge is 0.265 e. The summed E-state index contributed by atoms with van der Waals surface area (Å²) in [6, 6.07) is 6.08. The molecular weight excluding hydrogens is 595 g/mol. The Kier molecular flexibility index (Phi) is 8.08. The van der Waals surface area contributed by atoms with Crippen LogP contribution in [0, 0.1) is 10.5 Å². The van der Waals surface area contributed by atoms with Gasteiger partial charge in [0, 0.05) is 28.4 Å². The average molecular weight is 618 g/mol. The molecule has 2 aromatic rings. The summed E-state index contributed by atoms with van der Waals surface area (Å²) < 4.78 is 65.5. The van der Waals surface area contributed by atoms with Gasteiger partial charge in [-0.25, -0.2) is 0 Å². The lowest BCUT2D eigenvalue weighted by molar-refractivity contribution is -0.699. The quantitative estimate of drug-likeness (QED) is 0.250. The van der Waals surface area contributed by atoms with E-state index in [0.717, 1.165) is 29.9 Å². The van der Waals surface area contributed by atoms with Crippen LogP contribution in [0.25, 0.3) is 6.08 Å². The van der Waals surface area contributed by atoms with E-state index in [2.05, 4.69) is 22.6 Å². The van der Waals surface area contributed by atoms with E-state index >= 15 is 0 Å². The SMILES string of the molecule is Cc1csc(C=C2Sc3ccc(I)cc3N2CCCS(=O)(=O)O)[n+]1CCCS(=O)(=O)O. The number of fused-ring (bicyclic) bond motifs is 1. The maximum absolute atomic E-state index is 11.1. The monoisotopic (exact) mass is 617 g/mol. The zero-order chi connectivity index (χ0) is 22.8. The van der Waals surface area contributed by atoms with Crippen LogP contribution in [0.15, 0.2) is 33.5 Å². The van der Waals surface area contributed by atoms with Crippen LogP contribution in [0.5, 0.6) is 0 Å². The minimum absolute atomic E-state index is 0.277. The molecule has 8 nitrogen and oxygen atoms in total. The normalized spacial score (nSPS) is 15.6. The molecule has 2 heterocycles. The maximum Gasteiger partial charge on any atom is 0.265 e. The minimum atomic E-state index is -4.03. The van der Waals surface area contributed by atoms with Crippen LogP contribution < -0.4 is 9.47 Å². The lowest BCUT2D eigenvalue weighted by atomic mass is 10.3. The topological polar surface area (TPSA) is 116 Å². The summed E-state index contributed by atoms with van der Waals surface area (Å²) in [5.41, 5.74) is 1.98. The summed E-state index contributed by atoms with van der Waals surface area (Å²) in [6.07, 6.45) is 2.58. The molecule has 0 radical (unpaired) electrons. The lowest BCUT2D eigenvalue weighted by Crippen LogP contribution is -2.38. The molecule has 0 saturated heterocycles. The van der Waals surface area contributed by atoms with E-state index in [1.165, 1.54) is 11.3 Å². The highest BCUT2D eigenvalue weighted by molar-refractivity contribution is 14.1. The predicted molar refractivity (Wildman–Crippen MR) is 132 cm³/mol. The van der Waals surface area contributed by atoms with Crippen molar-refractivity contribution in [2.24, 2.45) is 0 Å². The second-order valence-corrected chi connectivity index (χ2v) is 13.3. The molecule has 0 bridgehead atoms. The van der Waals surface area contributed by atoms with E-state index in [4.69, 9.17) is 9.11 Å². The van der Waals surface area contributed by atoms with Gasteiger partial charge in [0.1, 0.15) is 0 Å². The van der Waals surface area contributed by atoms with Gasteiger partial charge in [-0.1, -0.05) is 23.1 Å². The van der Waals surface area contributed by atoms with E-state index in [1.807, 2.05) is 46.0 Å². The molecule has 0 amide bonds. The summed E-state index contributed by atoms with van der Waals surface area (Å²) in [5.74, 6) is -0.611. The Labute approximate surface area is 204 Å². The molecule has 0 saturated carbocycles. The molecule has 0 fully saturated rings. The Hall–Kier alpha value is -0.710. The molecule has 1 aliphatic heterocycles. The molecule has 1 aromatic carbocycles. The molecular formula is C18H22IN2O6S4+. The first-order chi connectivity index (χ1) is 14.4. The number of rotatable bonds is 9. The molecule has 13 heteroatoms. The molecule has 0 unspecified atom stereocenters. The van der Waals surface area contributed by atoms with Crippen LogP contribution in [-0.2, 0) is 26.8 Å². The summed E-state index contributed by atoms with van der Waals surface area (Å²) >= 11 is 5.34. The van der Waals surface area contributed by atoms with Gasteiger partial charge < -0.3 is 4.90 Å². The predicted octanol–water partition coefficient (Wildman–Crippen LogP) is 3.42. The number of aromatic nitrogens is 1. The fraction of sp³-hybridized carbons (Fsp3) is 0.389. The zero-order valence-electron chi connectivity index (χ0n) is 16.6. The number of thioether (sulfide) groups is 1. The molecule has 1 aliphatic rings. The third-order valence-corrected chi connectivity index (χ3v) is 8.98. The Balaban J connectivity index is 1.87. The number of nitrogens with zero attached hydrogens (tertiary/aromatic N) is 2. The number of hydrogen-bond acceptors (Lipinski definition) is 7. The molecule has 3 rings (SSSR count). The number of hydrogen-bond donors (Lipinski definition) is 2. The first-order valence-corrected chi connectivity index (χ1v) is 15.3. The number of anilines is 1. The minimum Gasteiger partial charge on any atom is -0.335 e. The van der Waals surface area contributed by atoms with Crippen LogP contribution in [-0.4, -0.2) is 44.0 Å². The Morgan fingerprint density at radius 2 is 1.81 bits per heavy atom. The molecule has 1 aromatic heterocycles. The summed E-state index contributed by atoms with van der Waals surface area (Å²) in [5, 5.41) is 3.84. The Morgan fingerprint density at radius 3 is 2.48 bits per heavy atom. The molecule has 31 heavy (non-hydrogen) atoms. The van der Waals surface area contributed by atoms with Crippen molar-refractivity contribution in [2.75, 3.05) is 23.0 Å². The van der Waals surface area contributed by atoms with E-state index in [9.17, 15) is 16.8 Å². The lowest BCUT2D eigenvalue weighted by Gasteiger charge is -2.20. The molecule has 170 valence electrons. The van der Waals surface area contributed by atoms with Crippen LogP contribution in [0.2, 0.25) is 0 Å². The first kappa shape index (κ1) is 24.9. The van der Waals surface area contributed by atoms with Crippen molar-refractivity contribution in [3.8, 4) is 0 Å². The van der Waals surface area contributed by atoms with Gasteiger partial charge in [-0.3, -0.25) is 9.11 Å². The highest BCUT2D eigenvalue weighted by atomic mass is 127. The third-order valence-electron chi connectivity index (χ3n) is 4.55. The second-order valence-electron chi connectivity index (χ2n) is 6.99. The van der Waals surface area contributed by atoms with Crippen molar-refractivity contribution in [1.29, 1.82) is 0 Å². The first-order valence-electron chi connectivity index (χ1n) is 9.28. The van der Waals surface area contributed by atoms with Gasteiger partial charge in [-0.15, -0.1) is 0 Å². The van der Waals surface area contributed by atoms with Crippen LogP contribution in [0.1, 0.15) is 23.5 Å². The number of benzene rings is 1. The molecule has 2 N–H and O–H groups in total.